The predicted molar refractivity (Wildman–Crippen MR) is 144 cm³/mol. The molecule has 2 atom stereocenters. The monoisotopic (exact) mass is 466 g/mol. The number of benzene rings is 5. The first-order valence-corrected chi connectivity index (χ1v) is 12.1. The van der Waals surface area contributed by atoms with E-state index in [-0.39, 0.29) is 11.9 Å². The second kappa shape index (κ2) is 7.92. The number of aromatic nitrogens is 1. The SMILES string of the molecule is O=Cc1cn(C2C(=O)N(c3ccccc3)C2c2c3ccccc3cc3ccccc23)c2ccccc12. The number of anilines is 1. The normalized spacial score (nSPS) is 17.6. The number of amides is 1. The highest BCUT2D eigenvalue weighted by Gasteiger charge is 2.51. The molecule has 4 heteroatoms. The number of carbonyl (C=O) groups is 2. The van der Waals surface area contributed by atoms with Crippen molar-refractivity contribution < 1.29 is 9.59 Å². The van der Waals surface area contributed by atoms with Crippen LogP contribution < -0.4 is 4.90 Å². The average molecular weight is 467 g/mol. The lowest BCUT2D eigenvalue weighted by Gasteiger charge is -2.48. The minimum atomic E-state index is -0.474. The molecule has 4 nitrogen and oxygen atoms in total. The second-order valence-corrected chi connectivity index (χ2v) is 9.29. The summed E-state index contributed by atoms with van der Waals surface area (Å²) in [6.07, 6.45) is 2.71. The predicted octanol–water partition coefficient (Wildman–Crippen LogP) is 7.09. The van der Waals surface area contributed by atoms with Crippen molar-refractivity contribution in [1.82, 2.24) is 4.57 Å². The molecule has 0 N–H and O–H groups in total. The molecule has 1 amide bonds. The second-order valence-electron chi connectivity index (χ2n) is 9.29. The van der Waals surface area contributed by atoms with Gasteiger partial charge in [0.15, 0.2) is 6.29 Å². The maximum Gasteiger partial charge on any atom is 0.253 e. The molecule has 1 aliphatic heterocycles. The van der Waals surface area contributed by atoms with E-state index in [1.54, 1.807) is 0 Å². The highest BCUT2D eigenvalue weighted by molar-refractivity contribution is 6.11. The summed E-state index contributed by atoms with van der Waals surface area (Å²) < 4.78 is 2.00. The van der Waals surface area contributed by atoms with E-state index in [0.717, 1.165) is 50.0 Å². The maximum absolute atomic E-state index is 14.0. The Morgan fingerprint density at radius 1 is 0.639 bits per heavy atom. The van der Waals surface area contributed by atoms with Gasteiger partial charge in [-0.3, -0.25) is 9.59 Å². The fraction of sp³-hybridized carbons (Fsp3) is 0.0625. The molecule has 1 fully saturated rings. The molecule has 1 saturated heterocycles. The Kier molecular flexibility index (Phi) is 4.55. The number of rotatable bonds is 4. The molecular weight excluding hydrogens is 444 g/mol. The maximum atomic E-state index is 14.0. The molecule has 36 heavy (non-hydrogen) atoms. The minimum Gasteiger partial charge on any atom is -0.332 e. The van der Waals surface area contributed by atoms with Crippen LogP contribution in [0.25, 0.3) is 32.4 Å². The smallest absolute Gasteiger partial charge is 0.253 e. The number of aldehydes is 1. The van der Waals surface area contributed by atoms with Crippen LogP contribution in [-0.4, -0.2) is 16.8 Å². The van der Waals surface area contributed by atoms with E-state index in [1.807, 2.05) is 70.3 Å². The topological polar surface area (TPSA) is 42.3 Å². The van der Waals surface area contributed by atoms with E-state index >= 15 is 0 Å². The summed E-state index contributed by atoms with van der Waals surface area (Å²) in [5.41, 5.74) is 3.48. The van der Waals surface area contributed by atoms with Gasteiger partial charge in [-0.15, -0.1) is 0 Å². The van der Waals surface area contributed by atoms with Gasteiger partial charge >= 0.3 is 0 Å². The number of β-lactam (4-membered cyclic amide) rings is 1. The standard InChI is InChI=1S/C32H22N2O2/c35-20-23-19-33(28-17-9-8-14-25(23)28)31-30(34(32(31)36)24-12-2-1-3-13-24)29-26-15-6-4-10-21(26)18-22-11-5-7-16-27(22)29/h1-20,30-31H. The first-order chi connectivity index (χ1) is 17.8. The lowest BCUT2D eigenvalue weighted by molar-refractivity contribution is -0.129. The zero-order valence-electron chi connectivity index (χ0n) is 19.4. The number of hydrogen-bond donors (Lipinski definition) is 0. The summed E-state index contributed by atoms with van der Waals surface area (Å²) in [5.74, 6) is 0.0152. The van der Waals surface area contributed by atoms with Crippen LogP contribution in [0.1, 0.15) is 28.0 Å². The van der Waals surface area contributed by atoms with Crippen molar-refractivity contribution in [3.05, 3.63) is 127 Å². The molecule has 0 aliphatic carbocycles. The van der Waals surface area contributed by atoms with E-state index in [9.17, 15) is 9.59 Å². The van der Waals surface area contributed by atoms with Crippen molar-refractivity contribution in [2.45, 2.75) is 12.1 Å². The molecule has 0 spiro atoms. The van der Waals surface area contributed by atoms with E-state index < -0.39 is 6.04 Å². The Morgan fingerprint density at radius 2 is 1.22 bits per heavy atom. The first-order valence-electron chi connectivity index (χ1n) is 12.1. The third-order valence-corrected chi connectivity index (χ3v) is 7.41. The average Bonchev–Trinajstić information content (AvgIpc) is 3.29. The van der Waals surface area contributed by atoms with Crippen LogP contribution in [0.3, 0.4) is 0 Å². The molecule has 2 unspecified atom stereocenters. The van der Waals surface area contributed by atoms with Crippen LogP contribution in [-0.2, 0) is 4.79 Å². The highest BCUT2D eigenvalue weighted by Crippen LogP contribution is 2.51. The van der Waals surface area contributed by atoms with Crippen LogP contribution in [0.5, 0.6) is 0 Å². The van der Waals surface area contributed by atoms with Gasteiger partial charge in [-0.05, 0) is 51.4 Å². The van der Waals surface area contributed by atoms with Crippen molar-refractivity contribution in [3.8, 4) is 0 Å². The third-order valence-electron chi connectivity index (χ3n) is 7.41. The summed E-state index contributed by atoms with van der Waals surface area (Å²) >= 11 is 0. The van der Waals surface area contributed by atoms with Gasteiger partial charge in [-0.2, -0.15) is 0 Å². The number of carbonyl (C=O) groups excluding carboxylic acids is 2. The van der Waals surface area contributed by atoms with Crippen molar-refractivity contribution in [2.24, 2.45) is 0 Å². The molecule has 0 radical (unpaired) electrons. The van der Waals surface area contributed by atoms with Crippen molar-refractivity contribution in [1.29, 1.82) is 0 Å². The number of para-hydroxylation sites is 2. The Balaban J connectivity index is 1.55. The molecule has 2 heterocycles. The molecular formula is C32H22N2O2. The molecule has 6 aromatic rings. The van der Waals surface area contributed by atoms with Crippen LogP contribution in [0.2, 0.25) is 0 Å². The number of nitrogens with zero attached hydrogens (tertiary/aromatic N) is 2. The van der Waals surface area contributed by atoms with Crippen LogP contribution in [0, 0.1) is 0 Å². The summed E-state index contributed by atoms with van der Waals surface area (Å²) in [4.78, 5) is 27.8. The van der Waals surface area contributed by atoms with Gasteiger partial charge in [0, 0.05) is 28.4 Å². The van der Waals surface area contributed by atoms with Gasteiger partial charge < -0.3 is 9.47 Å². The molecule has 5 aromatic carbocycles. The Hall–Kier alpha value is -4.70. The van der Waals surface area contributed by atoms with Gasteiger partial charge in [0.2, 0.25) is 0 Å². The molecule has 0 saturated carbocycles. The van der Waals surface area contributed by atoms with E-state index in [4.69, 9.17) is 0 Å². The van der Waals surface area contributed by atoms with Crippen molar-refractivity contribution >= 4 is 50.3 Å². The molecule has 172 valence electrons. The van der Waals surface area contributed by atoms with Crippen molar-refractivity contribution in [3.63, 3.8) is 0 Å². The number of fused-ring (bicyclic) bond motifs is 3. The first kappa shape index (κ1) is 20.7. The molecule has 7 rings (SSSR count). The van der Waals surface area contributed by atoms with Gasteiger partial charge in [-0.25, -0.2) is 0 Å². The minimum absolute atomic E-state index is 0.0152. The van der Waals surface area contributed by atoms with Gasteiger partial charge in [-0.1, -0.05) is 84.9 Å². The lowest BCUT2D eigenvalue weighted by Crippen LogP contribution is -2.56. The Labute approximate surface area is 208 Å². The van der Waals surface area contributed by atoms with Gasteiger partial charge in [0.25, 0.3) is 5.91 Å². The zero-order valence-corrected chi connectivity index (χ0v) is 19.4. The quantitative estimate of drug-likeness (QED) is 0.158. The van der Waals surface area contributed by atoms with Gasteiger partial charge in [0.05, 0.1) is 6.04 Å². The molecule has 1 aliphatic rings. The summed E-state index contributed by atoms with van der Waals surface area (Å²) in [6.45, 7) is 0. The lowest BCUT2D eigenvalue weighted by atomic mass is 9.82. The summed E-state index contributed by atoms with van der Waals surface area (Å²) in [6, 6.07) is 35.9. The highest BCUT2D eigenvalue weighted by atomic mass is 16.2. The number of hydrogen-bond acceptors (Lipinski definition) is 2. The van der Waals surface area contributed by atoms with Crippen LogP contribution in [0.15, 0.2) is 115 Å². The third kappa shape index (κ3) is 2.88. The van der Waals surface area contributed by atoms with Gasteiger partial charge in [0.1, 0.15) is 6.04 Å². The van der Waals surface area contributed by atoms with Crippen LogP contribution >= 0.6 is 0 Å². The fourth-order valence-electron chi connectivity index (χ4n) is 5.83. The molecule has 1 aromatic heterocycles. The molecule has 0 bridgehead atoms. The Morgan fingerprint density at radius 3 is 1.89 bits per heavy atom. The fourth-order valence-corrected chi connectivity index (χ4v) is 5.83. The largest absolute Gasteiger partial charge is 0.332 e. The van der Waals surface area contributed by atoms with E-state index in [1.165, 1.54) is 0 Å². The van der Waals surface area contributed by atoms with E-state index in [0.29, 0.717) is 5.56 Å². The zero-order chi connectivity index (χ0) is 24.2. The Bertz CT molecular complexity index is 1750. The van der Waals surface area contributed by atoms with Crippen LogP contribution in [0.4, 0.5) is 5.69 Å². The summed E-state index contributed by atoms with van der Waals surface area (Å²) in [7, 11) is 0. The van der Waals surface area contributed by atoms with E-state index in [2.05, 4.69) is 54.6 Å². The van der Waals surface area contributed by atoms with Crippen molar-refractivity contribution in [2.75, 3.05) is 4.90 Å². The summed E-state index contributed by atoms with van der Waals surface area (Å²) in [5, 5.41) is 5.41.